The van der Waals surface area contributed by atoms with E-state index in [0.29, 0.717) is 38.2 Å². The predicted octanol–water partition coefficient (Wildman–Crippen LogP) is 3.28. The van der Waals surface area contributed by atoms with Gasteiger partial charge in [-0.05, 0) is 81.5 Å². The van der Waals surface area contributed by atoms with Gasteiger partial charge in [0.2, 0.25) is 0 Å². The minimum absolute atomic E-state index is 0.236. The maximum atomic E-state index is 13.3. The van der Waals surface area contributed by atoms with E-state index in [1.807, 2.05) is 0 Å². The molecule has 1 N–H and O–H groups in total. The van der Waals surface area contributed by atoms with Crippen LogP contribution < -0.4 is 0 Å². The van der Waals surface area contributed by atoms with E-state index < -0.39 is 27.7 Å². The van der Waals surface area contributed by atoms with Crippen molar-refractivity contribution in [3.8, 4) is 0 Å². The fourth-order valence-electron chi connectivity index (χ4n) is 5.53. The van der Waals surface area contributed by atoms with Crippen LogP contribution in [0.25, 0.3) is 0 Å². The van der Waals surface area contributed by atoms with Gasteiger partial charge in [0, 0.05) is 0 Å². The average molecular weight is 435 g/mol. The van der Waals surface area contributed by atoms with Crippen LogP contribution in [0.5, 0.6) is 0 Å². The number of halogens is 1. The van der Waals surface area contributed by atoms with Crippen molar-refractivity contribution in [1.82, 2.24) is 0 Å². The van der Waals surface area contributed by atoms with E-state index in [-0.39, 0.29) is 11.9 Å². The Morgan fingerprint density at radius 3 is 2.17 bits per heavy atom. The Hall–Kier alpha value is -1.22. The summed E-state index contributed by atoms with van der Waals surface area (Å²) in [6, 6.07) is 0. The van der Waals surface area contributed by atoms with Crippen molar-refractivity contribution >= 4 is 22.1 Å². The van der Waals surface area contributed by atoms with Crippen LogP contribution in [0, 0.1) is 29.6 Å². The van der Waals surface area contributed by atoms with Crippen molar-refractivity contribution in [2.75, 3.05) is 6.61 Å². The zero-order valence-electron chi connectivity index (χ0n) is 16.8. The van der Waals surface area contributed by atoms with E-state index in [1.165, 1.54) is 19.3 Å². The van der Waals surface area contributed by atoms with Crippen LogP contribution in [0.15, 0.2) is 0 Å². The van der Waals surface area contributed by atoms with Crippen LogP contribution in [-0.2, 0) is 29.2 Å². The Labute approximate surface area is 171 Å². The monoisotopic (exact) mass is 434 g/mol. The summed E-state index contributed by atoms with van der Waals surface area (Å²) in [4.78, 5) is 23.8. The van der Waals surface area contributed by atoms with Gasteiger partial charge >= 0.3 is 27.6 Å². The van der Waals surface area contributed by atoms with E-state index in [1.54, 1.807) is 0 Å². The van der Waals surface area contributed by atoms with Gasteiger partial charge in [0.05, 0.1) is 12.5 Å². The number of alkyl halides is 1. The number of ether oxygens (including phenoxy) is 2. The van der Waals surface area contributed by atoms with Gasteiger partial charge in [0.15, 0.2) is 0 Å². The smallest absolute Gasteiger partial charge is 0.359 e. The molecule has 0 amide bonds. The van der Waals surface area contributed by atoms with E-state index in [2.05, 4.69) is 6.92 Å². The Morgan fingerprint density at radius 1 is 1.03 bits per heavy atom. The number of rotatable bonds is 6. The van der Waals surface area contributed by atoms with Gasteiger partial charge in [-0.2, -0.15) is 8.42 Å². The highest BCUT2D eigenvalue weighted by atomic mass is 32.2. The van der Waals surface area contributed by atoms with Crippen molar-refractivity contribution in [1.29, 1.82) is 0 Å². The summed E-state index contributed by atoms with van der Waals surface area (Å²) in [5, 5.41) is 0. The third kappa shape index (κ3) is 6.13. The van der Waals surface area contributed by atoms with Gasteiger partial charge < -0.3 is 9.47 Å². The lowest BCUT2D eigenvalue weighted by Crippen LogP contribution is -2.35. The highest BCUT2D eigenvalue weighted by Gasteiger charge is 2.37. The zero-order valence-corrected chi connectivity index (χ0v) is 17.6. The average Bonchev–Trinajstić information content (AvgIpc) is 2.64. The molecule has 3 unspecified atom stereocenters. The van der Waals surface area contributed by atoms with Gasteiger partial charge in [0.1, 0.15) is 6.10 Å². The van der Waals surface area contributed by atoms with E-state index >= 15 is 0 Å². The highest BCUT2D eigenvalue weighted by molar-refractivity contribution is 7.87. The predicted molar refractivity (Wildman–Crippen MR) is 102 cm³/mol. The molecular weight excluding hydrogens is 403 g/mol. The van der Waals surface area contributed by atoms with Gasteiger partial charge in [-0.1, -0.05) is 6.92 Å². The molecule has 3 saturated carbocycles. The van der Waals surface area contributed by atoms with Crippen LogP contribution in [0.1, 0.15) is 64.7 Å². The first-order valence-electron chi connectivity index (χ1n) is 10.6. The minimum Gasteiger partial charge on any atom is -0.465 e. The molecule has 0 aromatic carbocycles. The number of esters is 2. The molecule has 9 heteroatoms. The molecule has 2 bridgehead atoms. The van der Waals surface area contributed by atoms with Gasteiger partial charge in [0.25, 0.3) is 0 Å². The van der Waals surface area contributed by atoms with Crippen LogP contribution in [0.4, 0.5) is 4.39 Å². The van der Waals surface area contributed by atoms with Crippen molar-refractivity contribution in [3.63, 3.8) is 0 Å². The van der Waals surface area contributed by atoms with Gasteiger partial charge in [-0.15, -0.1) is 0 Å². The highest BCUT2D eigenvalue weighted by Crippen LogP contribution is 2.44. The van der Waals surface area contributed by atoms with Gasteiger partial charge in [-0.25, -0.2) is 9.18 Å². The maximum absolute atomic E-state index is 13.3. The third-order valence-corrected chi connectivity index (χ3v) is 7.39. The van der Waals surface area contributed by atoms with E-state index in [0.717, 1.165) is 30.6 Å². The molecule has 0 heterocycles. The molecule has 0 aromatic rings. The van der Waals surface area contributed by atoms with Crippen molar-refractivity contribution in [2.24, 2.45) is 29.6 Å². The van der Waals surface area contributed by atoms with Crippen molar-refractivity contribution in [3.05, 3.63) is 0 Å². The molecule has 3 aliphatic rings. The fourth-order valence-corrected chi connectivity index (χ4v) is 5.83. The molecule has 0 aliphatic heterocycles. The van der Waals surface area contributed by atoms with Crippen LogP contribution in [0.2, 0.25) is 0 Å². The Morgan fingerprint density at radius 2 is 1.62 bits per heavy atom. The lowest BCUT2D eigenvalue weighted by molar-refractivity contribution is -0.157. The summed E-state index contributed by atoms with van der Waals surface area (Å²) in [7, 11) is -5.12. The van der Waals surface area contributed by atoms with E-state index in [9.17, 15) is 22.4 Å². The first kappa shape index (κ1) is 22.5. The summed E-state index contributed by atoms with van der Waals surface area (Å²) >= 11 is 0. The van der Waals surface area contributed by atoms with Crippen molar-refractivity contribution in [2.45, 2.75) is 76.3 Å². The number of carbonyl (C=O) groups excluding carboxylic acids is 2. The summed E-state index contributed by atoms with van der Waals surface area (Å²) in [6.45, 7) is 2.79. The Bertz CT molecular complexity index is 684. The van der Waals surface area contributed by atoms with Crippen LogP contribution in [0.3, 0.4) is 0 Å². The molecule has 3 atom stereocenters. The van der Waals surface area contributed by atoms with Crippen molar-refractivity contribution < 1.29 is 36.4 Å². The lowest BCUT2D eigenvalue weighted by atomic mass is 9.65. The molecule has 0 radical (unpaired) electrons. The standard InChI is InChI=1S/C20H31FO7S/c1-12-6-13-8-14(7-12)10-15(9-13)11-27-19(22)16-2-4-17(5-3-16)28-20(23)18(21)29(24,25)26/h12-18H,2-11H2,1H3,(H,24,25,26). The molecule has 3 aliphatic carbocycles. The van der Waals surface area contributed by atoms with Crippen LogP contribution in [-0.4, -0.2) is 43.1 Å². The lowest BCUT2D eigenvalue weighted by Gasteiger charge is -2.41. The molecule has 7 nitrogen and oxygen atoms in total. The quantitative estimate of drug-likeness (QED) is 0.505. The molecule has 3 fully saturated rings. The topological polar surface area (TPSA) is 107 Å². The fraction of sp³-hybridized carbons (Fsp3) is 0.900. The number of hydrogen-bond acceptors (Lipinski definition) is 6. The molecule has 0 spiro atoms. The molecule has 0 saturated heterocycles. The normalized spacial score (nSPS) is 36.1. The number of carbonyl (C=O) groups is 2. The molecule has 29 heavy (non-hydrogen) atoms. The minimum atomic E-state index is -5.12. The summed E-state index contributed by atoms with van der Waals surface area (Å²) in [5.74, 6) is 0.625. The zero-order chi connectivity index (χ0) is 21.2. The van der Waals surface area contributed by atoms with E-state index in [4.69, 9.17) is 14.0 Å². The molecular formula is C20H31FO7S. The van der Waals surface area contributed by atoms with Crippen LogP contribution >= 0.6 is 0 Å². The second-order valence-electron chi connectivity index (χ2n) is 9.25. The molecule has 0 aromatic heterocycles. The summed E-state index contributed by atoms with van der Waals surface area (Å²) in [6.07, 6.45) is 7.01. The first-order valence-corrected chi connectivity index (χ1v) is 12.1. The third-order valence-electron chi connectivity index (χ3n) is 6.67. The largest absolute Gasteiger partial charge is 0.465 e. The second-order valence-corrected chi connectivity index (χ2v) is 10.7. The Kier molecular flexibility index (Phi) is 7.19. The maximum Gasteiger partial charge on any atom is 0.359 e. The molecule has 3 rings (SSSR count). The van der Waals surface area contributed by atoms with Gasteiger partial charge in [-0.3, -0.25) is 9.35 Å². The summed E-state index contributed by atoms with van der Waals surface area (Å²) < 4.78 is 53.5. The number of hydrogen-bond donors (Lipinski definition) is 1. The number of fused-ring (bicyclic) bond motifs is 2. The summed E-state index contributed by atoms with van der Waals surface area (Å²) in [5.41, 5.74) is -3.09. The second kappa shape index (κ2) is 9.29. The SMILES string of the molecule is CC1CC2CC(COC(=O)C3CCC(OC(=O)C(F)S(=O)(=O)O)CC3)CC(C1)C2. The molecule has 166 valence electrons. The Balaban J connectivity index is 1.37. The first-order chi connectivity index (χ1) is 13.6.